The lowest BCUT2D eigenvalue weighted by atomic mass is 10.0. The van der Waals surface area contributed by atoms with E-state index in [2.05, 4.69) is 54.8 Å². The van der Waals surface area contributed by atoms with Gasteiger partial charge in [0.2, 0.25) is 0 Å². The fourth-order valence-electron chi connectivity index (χ4n) is 4.90. The van der Waals surface area contributed by atoms with Crippen molar-refractivity contribution in [2.75, 3.05) is 13.2 Å². The van der Waals surface area contributed by atoms with Crippen LogP contribution in [0.15, 0.2) is 60.9 Å². The average Bonchev–Trinajstić information content (AvgIpc) is 3.05. The predicted molar refractivity (Wildman–Crippen MR) is 198 cm³/mol. The molecule has 0 saturated carbocycles. The van der Waals surface area contributed by atoms with Gasteiger partial charge < -0.3 is 24.4 Å². The van der Waals surface area contributed by atoms with Gasteiger partial charge in [0.15, 0.2) is 6.10 Å². The molecule has 2 atom stereocenters. The Labute approximate surface area is 293 Å². The molecule has 0 rings (SSSR count). The monoisotopic (exact) mass is 696 g/mol. The van der Waals surface area contributed by atoms with Crippen LogP contribution in [0.1, 0.15) is 155 Å². The first-order valence-corrected chi connectivity index (χ1v) is 20.3. The van der Waals surface area contributed by atoms with Crippen LogP contribution in [-0.2, 0) is 23.4 Å². The van der Waals surface area contributed by atoms with E-state index in [1.54, 1.807) is 0 Å². The number of aliphatic hydroxyl groups is 1. The number of carbonyl (C=O) groups excluding carboxylic acids is 1. The van der Waals surface area contributed by atoms with Crippen molar-refractivity contribution in [3.05, 3.63) is 60.9 Å². The molecular formula is C39H69O8P. The van der Waals surface area contributed by atoms with Crippen molar-refractivity contribution in [3.63, 3.8) is 0 Å². The van der Waals surface area contributed by atoms with Crippen LogP contribution in [0.25, 0.3) is 0 Å². The molecule has 0 heterocycles. The van der Waals surface area contributed by atoms with Crippen LogP contribution < -0.4 is 0 Å². The summed E-state index contributed by atoms with van der Waals surface area (Å²) in [5.74, 6) is -0.382. The molecule has 0 radical (unpaired) electrons. The Balaban J connectivity index is 4.03. The van der Waals surface area contributed by atoms with E-state index in [1.807, 2.05) is 18.2 Å². The minimum Gasteiger partial charge on any atom is -0.492 e. The Morgan fingerprint density at radius 1 is 0.646 bits per heavy atom. The summed E-state index contributed by atoms with van der Waals surface area (Å²) in [5, 5.41) is 9.69. The maximum atomic E-state index is 12.2. The molecule has 9 heteroatoms. The van der Waals surface area contributed by atoms with Crippen LogP contribution in [0.5, 0.6) is 0 Å². The van der Waals surface area contributed by atoms with E-state index in [4.69, 9.17) is 19.3 Å². The van der Waals surface area contributed by atoms with Gasteiger partial charge in [0.1, 0.15) is 6.61 Å². The summed E-state index contributed by atoms with van der Waals surface area (Å²) < 4.78 is 26.6. The summed E-state index contributed by atoms with van der Waals surface area (Å²) in [5.41, 5.74) is 0. The highest BCUT2D eigenvalue weighted by molar-refractivity contribution is 7.46. The molecule has 0 saturated heterocycles. The highest BCUT2D eigenvalue weighted by Crippen LogP contribution is 2.35. The molecule has 0 aliphatic heterocycles. The maximum absolute atomic E-state index is 12.2. The van der Waals surface area contributed by atoms with E-state index in [0.717, 1.165) is 64.2 Å². The minimum absolute atomic E-state index is 0.144. The Bertz CT molecular complexity index is 921. The quantitative estimate of drug-likeness (QED) is 0.0200. The van der Waals surface area contributed by atoms with Crippen molar-refractivity contribution < 1.29 is 38.3 Å². The van der Waals surface area contributed by atoms with Crippen LogP contribution in [0, 0.1) is 0 Å². The second kappa shape index (κ2) is 34.9. The highest BCUT2D eigenvalue weighted by atomic mass is 31.2. The molecule has 0 aliphatic rings. The van der Waals surface area contributed by atoms with Crippen molar-refractivity contribution in [2.24, 2.45) is 0 Å². The van der Waals surface area contributed by atoms with Crippen LogP contribution >= 0.6 is 7.82 Å². The molecule has 0 bridgehead atoms. The van der Waals surface area contributed by atoms with Crippen molar-refractivity contribution in [1.29, 1.82) is 0 Å². The zero-order valence-corrected chi connectivity index (χ0v) is 31.1. The SMILES string of the molecule is CCCCCCCCCCCCCC/C=C/O[C@H](COC(=O)CCC/C=C\C/C=C\C/C=C\C/C=C\CC(O)CCC)COP(=O)(O)O. The first kappa shape index (κ1) is 46.0. The number of phosphoric ester groups is 1. The zero-order chi connectivity index (χ0) is 35.4. The van der Waals surface area contributed by atoms with Gasteiger partial charge in [0.25, 0.3) is 0 Å². The number of ether oxygens (including phenoxy) is 2. The lowest BCUT2D eigenvalue weighted by Crippen LogP contribution is -2.25. The summed E-state index contributed by atoms with van der Waals surface area (Å²) in [6.07, 6.45) is 42.3. The molecular weight excluding hydrogens is 627 g/mol. The molecule has 0 spiro atoms. The van der Waals surface area contributed by atoms with Gasteiger partial charge in [0, 0.05) is 6.42 Å². The van der Waals surface area contributed by atoms with Crippen LogP contribution in [-0.4, -0.2) is 46.3 Å². The molecule has 278 valence electrons. The van der Waals surface area contributed by atoms with Crippen LogP contribution in [0.2, 0.25) is 0 Å². The zero-order valence-electron chi connectivity index (χ0n) is 30.2. The van der Waals surface area contributed by atoms with Crippen molar-refractivity contribution in [1.82, 2.24) is 0 Å². The van der Waals surface area contributed by atoms with Gasteiger partial charge in [-0.15, -0.1) is 0 Å². The van der Waals surface area contributed by atoms with Gasteiger partial charge in [-0.2, -0.15) is 0 Å². The topological polar surface area (TPSA) is 123 Å². The number of hydrogen-bond donors (Lipinski definition) is 3. The van der Waals surface area contributed by atoms with Crippen molar-refractivity contribution in [3.8, 4) is 0 Å². The fraction of sp³-hybridized carbons (Fsp3) is 0.718. The maximum Gasteiger partial charge on any atom is 0.469 e. The summed E-state index contributed by atoms with van der Waals surface area (Å²) in [4.78, 5) is 30.3. The smallest absolute Gasteiger partial charge is 0.469 e. The van der Waals surface area contributed by atoms with E-state index in [1.165, 1.54) is 70.5 Å². The molecule has 0 aromatic rings. The van der Waals surface area contributed by atoms with Gasteiger partial charge in [0.05, 0.1) is 19.0 Å². The number of esters is 1. The van der Waals surface area contributed by atoms with E-state index in [0.29, 0.717) is 6.42 Å². The third kappa shape index (κ3) is 36.9. The lowest BCUT2D eigenvalue weighted by molar-refractivity contribution is -0.147. The Morgan fingerprint density at radius 2 is 1.17 bits per heavy atom. The molecule has 0 aromatic carbocycles. The number of phosphoric acid groups is 1. The number of unbranched alkanes of at least 4 members (excludes halogenated alkanes) is 13. The molecule has 0 amide bonds. The largest absolute Gasteiger partial charge is 0.492 e. The Kier molecular flexibility index (Phi) is 33.5. The first-order valence-electron chi connectivity index (χ1n) is 18.7. The van der Waals surface area contributed by atoms with Gasteiger partial charge in [-0.25, -0.2) is 4.57 Å². The minimum atomic E-state index is -4.66. The standard InChI is InChI=1S/C39H69O8P/c1-3-5-6-7-8-9-10-11-15-18-21-24-27-30-34-45-38(36-47-48(42,43)44)35-46-39(41)33-29-26-23-20-17-14-12-13-16-19-22-25-28-32-37(40)31-4-2/h12,14,16,19-20,23,25,28,30,34,37-38,40H,3-11,13,15,17-18,21-22,24,26-27,29,31-33,35-36H2,1-2H3,(H2,42,43,44)/b14-12-,19-16-,23-20-,28-25-,34-30+/t37?,38-/m1/s1. The van der Waals surface area contributed by atoms with Gasteiger partial charge >= 0.3 is 13.8 Å². The number of aliphatic hydroxyl groups excluding tert-OH is 1. The van der Waals surface area contributed by atoms with Gasteiger partial charge in [-0.1, -0.05) is 140 Å². The van der Waals surface area contributed by atoms with E-state index in [9.17, 15) is 14.5 Å². The van der Waals surface area contributed by atoms with E-state index in [-0.39, 0.29) is 31.7 Å². The lowest BCUT2D eigenvalue weighted by Gasteiger charge is -2.17. The highest BCUT2D eigenvalue weighted by Gasteiger charge is 2.20. The van der Waals surface area contributed by atoms with Crippen molar-refractivity contribution >= 4 is 13.8 Å². The van der Waals surface area contributed by atoms with Crippen LogP contribution in [0.4, 0.5) is 0 Å². The third-order valence-corrected chi connectivity index (χ3v) is 8.20. The summed E-state index contributed by atoms with van der Waals surface area (Å²) >= 11 is 0. The summed E-state index contributed by atoms with van der Waals surface area (Å²) in [6.45, 7) is 3.80. The molecule has 3 N–H and O–H groups in total. The molecule has 0 aromatic heterocycles. The third-order valence-electron chi connectivity index (χ3n) is 7.72. The molecule has 48 heavy (non-hydrogen) atoms. The molecule has 1 unspecified atom stereocenters. The van der Waals surface area contributed by atoms with E-state index >= 15 is 0 Å². The molecule has 8 nitrogen and oxygen atoms in total. The Morgan fingerprint density at radius 3 is 1.73 bits per heavy atom. The molecule has 0 aliphatic carbocycles. The first-order chi connectivity index (χ1) is 23.3. The van der Waals surface area contributed by atoms with Crippen LogP contribution in [0.3, 0.4) is 0 Å². The van der Waals surface area contributed by atoms with Crippen molar-refractivity contribution in [2.45, 2.75) is 167 Å². The Hall–Kier alpha value is -1.96. The second-order valence-corrected chi connectivity index (χ2v) is 13.7. The summed E-state index contributed by atoms with van der Waals surface area (Å²) in [7, 11) is -4.66. The fourth-order valence-corrected chi connectivity index (χ4v) is 5.26. The van der Waals surface area contributed by atoms with E-state index < -0.39 is 13.9 Å². The number of hydrogen-bond acceptors (Lipinski definition) is 6. The normalized spacial score (nSPS) is 13.9. The van der Waals surface area contributed by atoms with Gasteiger partial charge in [-0.05, 0) is 63.9 Å². The molecule has 0 fully saturated rings. The predicted octanol–water partition coefficient (Wildman–Crippen LogP) is 10.7. The average molecular weight is 697 g/mol. The number of rotatable bonds is 34. The number of allylic oxidation sites excluding steroid dienone is 8. The summed E-state index contributed by atoms with van der Waals surface area (Å²) in [6, 6.07) is 0. The van der Waals surface area contributed by atoms with Gasteiger partial charge in [-0.3, -0.25) is 9.32 Å². The second-order valence-electron chi connectivity index (χ2n) is 12.4. The number of carbonyl (C=O) groups is 1.